The number of ether oxygens (including phenoxy) is 1. The predicted molar refractivity (Wildman–Crippen MR) is 71.9 cm³/mol. The van der Waals surface area contributed by atoms with Gasteiger partial charge >= 0.3 is 0 Å². The Morgan fingerprint density at radius 2 is 2.31 bits per heavy atom. The maximum Gasteiger partial charge on any atom is 0.103 e. The van der Waals surface area contributed by atoms with E-state index in [9.17, 15) is 0 Å². The van der Waals surface area contributed by atoms with Crippen LogP contribution in [0.4, 0.5) is 0 Å². The summed E-state index contributed by atoms with van der Waals surface area (Å²) in [4.78, 5) is 5.75. The topological polar surface area (TPSA) is 48.1 Å². The van der Waals surface area contributed by atoms with E-state index < -0.39 is 0 Å². The molecular formula is C11H20N2OS2. The largest absolute Gasteiger partial charge is 0.378 e. The van der Waals surface area contributed by atoms with Crippen molar-refractivity contribution in [1.29, 1.82) is 0 Å². The van der Waals surface area contributed by atoms with E-state index in [0.717, 1.165) is 21.3 Å². The summed E-state index contributed by atoms with van der Waals surface area (Å²) < 4.78 is 5.14. The molecule has 1 heterocycles. The molecule has 0 aliphatic rings. The van der Waals surface area contributed by atoms with Crippen LogP contribution in [0, 0.1) is 0 Å². The quantitative estimate of drug-likeness (QED) is 0.766. The molecule has 0 radical (unpaired) electrons. The number of nitrogens with two attached hydrogens (primary N) is 1. The standard InChI is InChI=1S/C11H20N2OS2/c1-4-5-15-7-10-13-9(6-14-3)11(16-10)8(2)12/h8H,4-7,12H2,1-3H3. The van der Waals surface area contributed by atoms with Gasteiger partial charge in [0.1, 0.15) is 5.01 Å². The lowest BCUT2D eigenvalue weighted by molar-refractivity contribution is 0.181. The van der Waals surface area contributed by atoms with Gasteiger partial charge in [-0.25, -0.2) is 4.98 Å². The monoisotopic (exact) mass is 260 g/mol. The second-order valence-electron chi connectivity index (χ2n) is 3.69. The normalized spacial score (nSPS) is 13.0. The minimum absolute atomic E-state index is 0.0487. The van der Waals surface area contributed by atoms with Crippen LogP contribution in [0.25, 0.3) is 0 Å². The van der Waals surface area contributed by atoms with Crippen LogP contribution >= 0.6 is 23.1 Å². The zero-order valence-corrected chi connectivity index (χ0v) is 11.8. The van der Waals surface area contributed by atoms with E-state index in [1.54, 1.807) is 18.4 Å². The molecule has 1 aromatic heterocycles. The molecule has 0 saturated carbocycles. The van der Waals surface area contributed by atoms with Crippen molar-refractivity contribution in [1.82, 2.24) is 4.98 Å². The van der Waals surface area contributed by atoms with E-state index in [1.807, 2.05) is 18.7 Å². The molecule has 0 fully saturated rings. The molecule has 1 aromatic rings. The molecule has 0 aliphatic carbocycles. The summed E-state index contributed by atoms with van der Waals surface area (Å²) in [5, 5.41) is 1.16. The van der Waals surface area contributed by atoms with Crippen LogP contribution in [0.2, 0.25) is 0 Å². The van der Waals surface area contributed by atoms with Gasteiger partial charge in [0.25, 0.3) is 0 Å². The van der Waals surface area contributed by atoms with Crippen molar-refractivity contribution < 1.29 is 4.74 Å². The average Bonchev–Trinajstić information content (AvgIpc) is 2.62. The van der Waals surface area contributed by atoms with Gasteiger partial charge in [0.15, 0.2) is 0 Å². The summed E-state index contributed by atoms with van der Waals surface area (Å²) in [6, 6.07) is 0.0487. The number of aromatic nitrogens is 1. The molecule has 1 rings (SSSR count). The molecular weight excluding hydrogens is 240 g/mol. The summed E-state index contributed by atoms with van der Waals surface area (Å²) in [6.07, 6.45) is 1.21. The zero-order valence-electron chi connectivity index (χ0n) is 10.2. The lowest BCUT2D eigenvalue weighted by Gasteiger charge is -2.03. The number of thiazole rings is 1. The number of rotatable bonds is 7. The van der Waals surface area contributed by atoms with Crippen LogP contribution in [-0.2, 0) is 17.1 Å². The third kappa shape index (κ3) is 4.05. The molecule has 1 unspecified atom stereocenters. The Hall–Kier alpha value is -0.100. The molecule has 0 saturated heterocycles. The summed E-state index contributed by atoms with van der Waals surface area (Å²) in [5.41, 5.74) is 6.93. The van der Waals surface area contributed by atoms with Crippen molar-refractivity contribution in [3.63, 3.8) is 0 Å². The first kappa shape index (κ1) is 14.0. The lowest BCUT2D eigenvalue weighted by Crippen LogP contribution is -2.06. The van der Waals surface area contributed by atoms with E-state index >= 15 is 0 Å². The number of thioether (sulfide) groups is 1. The minimum Gasteiger partial charge on any atom is -0.378 e. The number of methoxy groups -OCH3 is 1. The van der Waals surface area contributed by atoms with Crippen LogP contribution < -0.4 is 5.73 Å². The first-order valence-corrected chi connectivity index (χ1v) is 7.46. The summed E-state index contributed by atoms with van der Waals surface area (Å²) in [7, 11) is 1.69. The van der Waals surface area contributed by atoms with Crippen molar-refractivity contribution in [2.75, 3.05) is 12.9 Å². The average molecular weight is 260 g/mol. The number of hydrogen-bond acceptors (Lipinski definition) is 5. The van der Waals surface area contributed by atoms with Crippen LogP contribution in [-0.4, -0.2) is 17.8 Å². The summed E-state index contributed by atoms with van der Waals surface area (Å²) >= 11 is 3.65. The second-order valence-corrected chi connectivity index (χ2v) is 5.91. The molecule has 0 bridgehead atoms. The van der Waals surface area contributed by atoms with E-state index in [2.05, 4.69) is 11.9 Å². The molecule has 16 heavy (non-hydrogen) atoms. The summed E-state index contributed by atoms with van der Waals surface area (Å²) in [5.74, 6) is 2.18. The maximum atomic E-state index is 5.92. The Bertz CT molecular complexity index is 313. The van der Waals surface area contributed by atoms with Gasteiger partial charge in [-0.3, -0.25) is 0 Å². The third-order valence-electron chi connectivity index (χ3n) is 2.04. The number of nitrogens with zero attached hydrogens (tertiary/aromatic N) is 1. The first-order valence-electron chi connectivity index (χ1n) is 5.49. The van der Waals surface area contributed by atoms with Gasteiger partial charge in [0.05, 0.1) is 12.3 Å². The van der Waals surface area contributed by atoms with Gasteiger partial charge < -0.3 is 10.5 Å². The molecule has 5 heteroatoms. The van der Waals surface area contributed by atoms with E-state index in [0.29, 0.717) is 6.61 Å². The van der Waals surface area contributed by atoms with Crippen molar-refractivity contribution in [3.8, 4) is 0 Å². The zero-order chi connectivity index (χ0) is 12.0. The van der Waals surface area contributed by atoms with Crippen molar-refractivity contribution >= 4 is 23.1 Å². The molecule has 3 nitrogen and oxygen atoms in total. The van der Waals surface area contributed by atoms with Gasteiger partial charge in [-0.05, 0) is 19.1 Å². The maximum absolute atomic E-state index is 5.92. The SMILES string of the molecule is CCCSCc1nc(COC)c(C(C)N)s1. The van der Waals surface area contributed by atoms with E-state index in [1.165, 1.54) is 12.2 Å². The molecule has 1 atom stereocenters. The Balaban J connectivity index is 2.68. The van der Waals surface area contributed by atoms with Gasteiger partial charge in [0, 0.05) is 23.8 Å². The molecule has 0 aliphatic heterocycles. The van der Waals surface area contributed by atoms with Crippen LogP contribution in [0.15, 0.2) is 0 Å². The predicted octanol–water partition coefficient (Wildman–Crippen LogP) is 2.95. The number of hydrogen-bond donors (Lipinski definition) is 1. The lowest BCUT2D eigenvalue weighted by atomic mass is 10.2. The van der Waals surface area contributed by atoms with Gasteiger partial charge in [-0.15, -0.1) is 11.3 Å². The molecule has 2 N–H and O–H groups in total. The highest BCUT2D eigenvalue weighted by molar-refractivity contribution is 7.98. The Kier molecular flexibility index (Phi) is 6.34. The van der Waals surface area contributed by atoms with Crippen LogP contribution in [0.5, 0.6) is 0 Å². The highest BCUT2D eigenvalue weighted by Crippen LogP contribution is 2.27. The third-order valence-corrected chi connectivity index (χ3v) is 4.70. The fraction of sp³-hybridized carbons (Fsp3) is 0.727. The highest BCUT2D eigenvalue weighted by atomic mass is 32.2. The van der Waals surface area contributed by atoms with Crippen molar-refractivity contribution in [2.24, 2.45) is 5.73 Å². The van der Waals surface area contributed by atoms with Crippen molar-refractivity contribution in [3.05, 3.63) is 15.6 Å². The Morgan fingerprint density at radius 3 is 2.88 bits per heavy atom. The molecule has 0 spiro atoms. The molecule has 92 valence electrons. The summed E-state index contributed by atoms with van der Waals surface area (Å²) in [6.45, 7) is 4.75. The Morgan fingerprint density at radius 1 is 1.56 bits per heavy atom. The van der Waals surface area contributed by atoms with E-state index in [-0.39, 0.29) is 6.04 Å². The van der Waals surface area contributed by atoms with Crippen molar-refractivity contribution in [2.45, 2.75) is 38.7 Å². The molecule has 0 aromatic carbocycles. The highest BCUT2D eigenvalue weighted by Gasteiger charge is 2.13. The minimum atomic E-state index is 0.0487. The molecule has 0 amide bonds. The first-order chi connectivity index (χ1) is 7.69. The van der Waals surface area contributed by atoms with E-state index in [4.69, 9.17) is 10.5 Å². The van der Waals surface area contributed by atoms with Gasteiger partial charge in [-0.2, -0.15) is 11.8 Å². The van der Waals surface area contributed by atoms with Gasteiger partial charge in [0.2, 0.25) is 0 Å². The fourth-order valence-corrected chi connectivity index (χ4v) is 3.35. The smallest absolute Gasteiger partial charge is 0.103 e. The fourth-order valence-electron chi connectivity index (χ4n) is 1.38. The van der Waals surface area contributed by atoms with Gasteiger partial charge in [-0.1, -0.05) is 6.92 Å². The van der Waals surface area contributed by atoms with Crippen LogP contribution in [0.3, 0.4) is 0 Å². The van der Waals surface area contributed by atoms with Crippen LogP contribution in [0.1, 0.15) is 41.9 Å². The second kappa shape index (κ2) is 7.27. The Labute approximate surface area is 106 Å².